The highest BCUT2D eigenvalue weighted by atomic mass is 35.5. The molecule has 3 amide bonds. The SMILES string of the molecule is O=C(NCc1ccc(Cl)cc1)Nc1ccc(OCC(=O)N2CCOCC2)cc1. The van der Waals surface area contributed by atoms with Gasteiger partial charge in [0.2, 0.25) is 0 Å². The molecule has 2 aromatic carbocycles. The van der Waals surface area contributed by atoms with E-state index in [0.29, 0.717) is 49.3 Å². The van der Waals surface area contributed by atoms with Gasteiger partial charge in [0.15, 0.2) is 6.61 Å². The van der Waals surface area contributed by atoms with Crippen molar-refractivity contribution in [3.05, 3.63) is 59.1 Å². The number of morpholine rings is 1. The molecule has 3 rings (SSSR count). The minimum atomic E-state index is -0.314. The van der Waals surface area contributed by atoms with Crippen molar-refractivity contribution in [3.8, 4) is 5.75 Å². The number of urea groups is 1. The fraction of sp³-hybridized carbons (Fsp3) is 0.300. The predicted molar refractivity (Wildman–Crippen MR) is 107 cm³/mol. The van der Waals surface area contributed by atoms with Gasteiger partial charge in [-0.3, -0.25) is 4.79 Å². The second-order valence-corrected chi connectivity index (χ2v) is 6.68. The molecule has 2 aromatic rings. The van der Waals surface area contributed by atoms with E-state index in [2.05, 4.69) is 10.6 Å². The average Bonchev–Trinajstić information content (AvgIpc) is 2.73. The van der Waals surface area contributed by atoms with Crippen LogP contribution < -0.4 is 15.4 Å². The normalized spacial score (nSPS) is 13.7. The standard InChI is InChI=1S/C20H22ClN3O4/c21-16-3-1-15(2-4-16)13-22-20(26)23-17-5-7-18(8-6-17)28-14-19(25)24-9-11-27-12-10-24/h1-8H,9-14H2,(H2,22,23,26). The lowest BCUT2D eigenvalue weighted by Gasteiger charge is -2.26. The topological polar surface area (TPSA) is 79.9 Å². The number of carbonyl (C=O) groups excluding carboxylic acids is 2. The quantitative estimate of drug-likeness (QED) is 0.777. The number of carbonyl (C=O) groups is 2. The summed E-state index contributed by atoms with van der Waals surface area (Å²) in [6, 6.07) is 13.8. The van der Waals surface area contributed by atoms with Gasteiger partial charge < -0.3 is 25.0 Å². The van der Waals surface area contributed by atoms with Gasteiger partial charge in [0.05, 0.1) is 13.2 Å². The molecular formula is C20H22ClN3O4. The molecule has 7 nitrogen and oxygen atoms in total. The highest BCUT2D eigenvalue weighted by molar-refractivity contribution is 6.30. The average molecular weight is 404 g/mol. The number of anilines is 1. The number of nitrogens with one attached hydrogen (secondary N) is 2. The second kappa shape index (κ2) is 9.96. The summed E-state index contributed by atoms with van der Waals surface area (Å²) in [6.45, 7) is 2.69. The Morgan fingerprint density at radius 2 is 1.71 bits per heavy atom. The maximum absolute atomic E-state index is 12.1. The number of hydrogen-bond donors (Lipinski definition) is 2. The van der Waals surface area contributed by atoms with Crippen LogP contribution in [0.1, 0.15) is 5.56 Å². The fourth-order valence-corrected chi connectivity index (χ4v) is 2.77. The van der Waals surface area contributed by atoms with Crippen LogP contribution in [0.3, 0.4) is 0 Å². The van der Waals surface area contributed by atoms with Crippen molar-refractivity contribution < 1.29 is 19.1 Å². The van der Waals surface area contributed by atoms with Crippen LogP contribution in [0.15, 0.2) is 48.5 Å². The van der Waals surface area contributed by atoms with Crippen molar-refractivity contribution in [2.45, 2.75) is 6.54 Å². The van der Waals surface area contributed by atoms with Gasteiger partial charge in [-0.05, 0) is 42.0 Å². The van der Waals surface area contributed by atoms with E-state index in [9.17, 15) is 9.59 Å². The summed E-state index contributed by atoms with van der Waals surface area (Å²) in [4.78, 5) is 25.8. The van der Waals surface area contributed by atoms with Crippen LogP contribution in [0.25, 0.3) is 0 Å². The van der Waals surface area contributed by atoms with Crippen LogP contribution in [-0.4, -0.2) is 49.7 Å². The van der Waals surface area contributed by atoms with Gasteiger partial charge in [0.1, 0.15) is 5.75 Å². The van der Waals surface area contributed by atoms with Crippen LogP contribution in [0, 0.1) is 0 Å². The Hall–Kier alpha value is -2.77. The molecular weight excluding hydrogens is 382 g/mol. The van der Waals surface area contributed by atoms with Gasteiger partial charge in [0.25, 0.3) is 5.91 Å². The molecule has 1 heterocycles. The molecule has 0 bridgehead atoms. The second-order valence-electron chi connectivity index (χ2n) is 6.24. The third-order valence-corrected chi connectivity index (χ3v) is 4.46. The number of halogens is 1. The highest BCUT2D eigenvalue weighted by Crippen LogP contribution is 2.16. The Kier molecular flexibility index (Phi) is 7.11. The molecule has 0 atom stereocenters. The zero-order chi connectivity index (χ0) is 19.8. The molecule has 2 N–H and O–H groups in total. The number of benzene rings is 2. The van der Waals surface area contributed by atoms with Crippen molar-refractivity contribution in [2.24, 2.45) is 0 Å². The molecule has 1 fully saturated rings. The van der Waals surface area contributed by atoms with Gasteiger partial charge in [-0.25, -0.2) is 4.79 Å². The smallest absolute Gasteiger partial charge is 0.319 e. The first kappa shape index (κ1) is 20.0. The Morgan fingerprint density at radius 3 is 2.39 bits per heavy atom. The Balaban J connectivity index is 1.41. The zero-order valence-electron chi connectivity index (χ0n) is 15.3. The minimum Gasteiger partial charge on any atom is -0.484 e. The van der Waals surface area contributed by atoms with E-state index in [1.807, 2.05) is 12.1 Å². The number of amides is 3. The summed E-state index contributed by atoms with van der Waals surface area (Å²) < 4.78 is 10.7. The summed E-state index contributed by atoms with van der Waals surface area (Å²) >= 11 is 5.84. The first-order chi connectivity index (χ1) is 13.6. The van der Waals surface area contributed by atoms with E-state index in [-0.39, 0.29) is 18.5 Å². The van der Waals surface area contributed by atoms with Crippen molar-refractivity contribution in [3.63, 3.8) is 0 Å². The van der Waals surface area contributed by atoms with Gasteiger partial charge in [-0.15, -0.1) is 0 Å². The summed E-state index contributed by atoms with van der Waals surface area (Å²) in [5, 5.41) is 6.17. The number of ether oxygens (including phenoxy) is 2. The monoisotopic (exact) mass is 403 g/mol. The van der Waals surface area contributed by atoms with Gasteiger partial charge >= 0.3 is 6.03 Å². The van der Waals surface area contributed by atoms with Crippen LogP contribution in [0.5, 0.6) is 5.75 Å². The van der Waals surface area contributed by atoms with E-state index in [0.717, 1.165) is 5.56 Å². The maximum atomic E-state index is 12.1. The first-order valence-corrected chi connectivity index (χ1v) is 9.35. The largest absolute Gasteiger partial charge is 0.484 e. The van der Waals surface area contributed by atoms with E-state index < -0.39 is 0 Å². The van der Waals surface area contributed by atoms with Crippen molar-refractivity contribution in [2.75, 3.05) is 38.2 Å². The lowest BCUT2D eigenvalue weighted by atomic mass is 10.2. The van der Waals surface area contributed by atoms with Crippen LogP contribution >= 0.6 is 11.6 Å². The molecule has 0 saturated carbocycles. The summed E-state index contributed by atoms with van der Waals surface area (Å²) in [6.07, 6.45) is 0. The number of nitrogens with zero attached hydrogens (tertiary/aromatic N) is 1. The van der Waals surface area contributed by atoms with E-state index in [4.69, 9.17) is 21.1 Å². The minimum absolute atomic E-state index is 0.0195. The molecule has 0 radical (unpaired) electrons. The Bertz CT molecular complexity index is 790. The number of rotatable bonds is 6. The van der Waals surface area contributed by atoms with Crippen LogP contribution in [0.4, 0.5) is 10.5 Å². The molecule has 1 aliphatic rings. The van der Waals surface area contributed by atoms with Crippen LogP contribution in [-0.2, 0) is 16.1 Å². The summed E-state index contributed by atoms with van der Waals surface area (Å²) in [7, 11) is 0. The van der Waals surface area contributed by atoms with E-state index >= 15 is 0 Å². The molecule has 0 spiro atoms. The van der Waals surface area contributed by atoms with Gasteiger partial charge in [-0.1, -0.05) is 23.7 Å². The van der Waals surface area contributed by atoms with Gasteiger partial charge in [-0.2, -0.15) is 0 Å². The molecule has 148 valence electrons. The zero-order valence-corrected chi connectivity index (χ0v) is 16.1. The first-order valence-electron chi connectivity index (χ1n) is 8.98. The van der Waals surface area contributed by atoms with E-state index in [1.165, 1.54) is 0 Å². The van der Waals surface area contributed by atoms with Crippen molar-refractivity contribution in [1.29, 1.82) is 0 Å². The third-order valence-electron chi connectivity index (χ3n) is 4.20. The molecule has 8 heteroatoms. The van der Waals surface area contributed by atoms with E-state index in [1.54, 1.807) is 41.3 Å². The molecule has 28 heavy (non-hydrogen) atoms. The highest BCUT2D eigenvalue weighted by Gasteiger charge is 2.17. The summed E-state index contributed by atoms with van der Waals surface area (Å²) in [5.41, 5.74) is 1.58. The van der Waals surface area contributed by atoms with Crippen LogP contribution in [0.2, 0.25) is 5.02 Å². The maximum Gasteiger partial charge on any atom is 0.319 e. The Labute approximate surface area is 168 Å². The molecule has 0 aliphatic carbocycles. The lowest BCUT2D eigenvalue weighted by Crippen LogP contribution is -2.42. The lowest BCUT2D eigenvalue weighted by molar-refractivity contribution is -0.137. The predicted octanol–water partition coefficient (Wildman–Crippen LogP) is 2.90. The number of hydrogen-bond acceptors (Lipinski definition) is 4. The van der Waals surface area contributed by atoms with Crippen molar-refractivity contribution in [1.82, 2.24) is 10.2 Å². The molecule has 1 aliphatic heterocycles. The third kappa shape index (κ3) is 6.14. The van der Waals surface area contributed by atoms with Gasteiger partial charge in [0, 0.05) is 30.3 Å². The Morgan fingerprint density at radius 1 is 1.04 bits per heavy atom. The molecule has 1 saturated heterocycles. The summed E-state index contributed by atoms with van der Waals surface area (Å²) in [5.74, 6) is 0.501. The fourth-order valence-electron chi connectivity index (χ4n) is 2.64. The van der Waals surface area contributed by atoms with Crippen molar-refractivity contribution >= 4 is 29.2 Å². The molecule has 0 aromatic heterocycles. The molecule has 0 unspecified atom stereocenters.